The minimum atomic E-state index is -0.610. The Bertz CT molecular complexity index is 467. The molecule has 1 saturated heterocycles. The van der Waals surface area contributed by atoms with Crippen LogP contribution in [0, 0.1) is 11.7 Å². The van der Waals surface area contributed by atoms with E-state index >= 15 is 0 Å². The van der Waals surface area contributed by atoms with E-state index in [-0.39, 0.29) is 24.3 Å². The Morgan fingerprint density at radius 3 is 2.84 bits per heavy atom. The fraction of sp³-hybridized carbons (Fsp3) is 0.538. The maximum Gasteiger partial charge on any atom is 0.275 e. The van der Waals surface area contributed by atoms with Crippen molar-refractivity contribution < 1.29 is 14.3 Å². The van der Waals surface area contributed by atoms with Gasteiger partial charge >= 0.3 is 0 Å². The number of pyridine rings is 1. The number of rotatable bonds is 3. The molecule has 19 heavy (non-hydrogen) atoms. The number of aliphatic hydroxyl groups excluding tert-OH is 1. The molecule has 0 radical (unpaired) electrons. The number of hydrogen-bond donors (Lipinski definition) is 1. The van der Waals surface area contributed by atoms with Crippen molar-refractivity contribution in [1.29, 1.82) is 0 Å². The monoisotopic (exact) mass is 267 g/mol. The first-order chi connectivity index (χ1) is 9.04. The van der Waals surface area contributed by atoms with Crippen LogP contribution in [0.5, 0.6) is 0 Å². The van der Waals surface area contributed by atoms with Crippen molar-refractivity contribution in [3.8, 4) is 0 Å². The maximum absolute atomic E-state index is 13.6. The van der Waals surface area contributed by atoms with Crippen LogP contribution in [0.3, 0.4) is 0 Å². The van der Waals surface area contributed by atoms with Crippen molar-refractivity contribution in [3.05, 3.63) is 29.8 Å². The first-order valence-electron chi connectivity index (χ1n) is 6.21. The number of nitrogens with zero attached hydrogens (tertiary/aromatic N) is 3. The summed E-state index contributed by atoms with van der Waals surface area (Å²) in [6.07, 6.45) is 1.40. The molecule has 0 bridgehead atoms. The largest absolute Gasteiger partial charge is 0.396 e. The number of hydrogen-bond acceptors (Lipinski definition) is 4. The highest BCUT2D eigenvalue weighted by atomic mass is 19.1. The molecule has 0 saturated carbocycles. The zero-order valence-corrected chi connectivity index (χ0v) is 11.1. The quantitative estimate of drug-likeness (QED) is 0.851. The van der Waals surface area contributed by atoms with E-state index in [1.54, 1.807) is 4.90 Å². The number of amides is 1. The summed E-state index contributed by atoms with van der Waals surface area (Å²) in [7, 11) is 3.81. The number of likely N-dealkylation sites (tertiary alicyclic amines) is 1. The zero-order valence-electron chi connectivity index (χ0n) is 11.1. The van der Waals surface area contributed by atoms with Crippen LogP contribution in [-0.4, -0.2) is 65.6 Å². The van der Waals surface area contributed by atoms with E-state index < -0.39 is 11.7 Å². The number of aliphatic hydroxyl groups is 1. The molecule has 0 aromatic carbocycles. The molecule has 1 aliphatic rings. The predicted molar refractivity (Wildman–Crippen MR) is 68.1 cm³/mol. The second-order valence-corrected chi connectivity index (χ2v) is 5.02. The number of aromatic nitrogens is 1. The van der Waals surface area contributed by atoms with Crippen LogP contribution in [0.15, 0.2) is 18.3 Å². The highest BCUT2D eigenvalue weighted by molar-refractivity contribution is 5.92. The molecule has 1 N–H and O–H groups in total. The summed E-state index contributed by atoms with van der Waals surface area (Å²) in [5.41, 5.74) is -0.154. The van der Waals surface area contributed by atoms with Crippen molar-refractivity contribution in [2.24, 2.45) is 5.92 Å². The fourth-order valence-electron chi connectivity index (χ4n) is 2.48. The first-order valence-corrected chi connectivity index (χ1v) is 6.21. The van der Waals surface area contributed by atoms with Gasteiger partial charge in [-0.15, -0.1) is 0 Å². The van der Waals surface area contributed by atoms with Crippen molar-refractivity contribution in [2.45, 2.75) is 6.04 Å². The molecule has 0 unspecified atom stereocenters. The van der Waals surface area contributed by atoms with Gasteiger partial charge in [0.25, 0.3) is 5.91 Å². The Kier molecular flexibility index (Phi) is 4.11. The molecule has 1 fully saturated rings. The fourth-order valence-corrected chi connectivity index (χ4v) is 2.48. The second kappa shape index (κ2) is 5.63. The lowest BCUT2D eigenvalue weighted by Gasteiger charge is -2.23. The third-order valence-corrected chi connectivity index (χ3v) is 3.55. The molecule has 0 spiro atoms. The molecule has 2 atom stereocenters. The first kappa shape index (κ1) is 13.9. The minimum absolute atomic E-state index is 0.00859. The summed E-state index contributed by atoms with van der Waals surface area (Å²) in [6, 6.07) is 2.76. The molecular formula is C13H18FN3O2. The van der Waals surface area contributed by atoms with E-state index in [2.05, 4.69) is 4.98 Å². The molecule has 5 nitrogen and oxygen atoms in total. The molecule has 104 valence electrons. The number of likely N-dealkylation sites (N-methyl/N-ethyl adjacent to an activating group) is 1. The molecule has 1 aromatic rings. The van der Waals surface area contributed by atoms with Crippen molar-refractivity contribution in [3.63, 3.8) is 0 Å². The summed E-state index contributed by atoms with van der Waals surface area (Å²) in [6.45, 7) is 0.915. The standard InChI is InChI=1S/C13H18FN3O2/c1-16(2)11-7-17(6-9(11)8-18)13(19)12-10(14)4-3-5-15-12/h3-5,9,11,18H,6-8H2,1-2H3/t9-,11+/m0/s1. The lowest BCUT2D eigenvalue weighted by Crippen LogP contribution is -2.37. The van der Waals surface area contributed by atoms with Gasteiger partial charge in [0.05, 0.1) is 0 Å². The molecule has 1 aliphatic heterocycles. The van der Waals surface area contributed by atoms with E-state index in [1.807, 2.05) is 19.0 Å². The van der Waals surface area contributed by atoms with Gasteiger partial charge in [-0.1, -0.05) is 0 Å². The van der Waals surface area contributed by atoms with Crippen LogP contribution in [0.1, 0.15) is 10.5 Å². The van der Waals surface area contributed by atoms with Crippen molar-refractivity contribution in [2.75, 3.05) is 33.8 Å². The lowest BCUT2D eigenvalue weighted by atomic mass is 10.0. The molecule has 0 aliphatic carbocycles. The van der Waals surface area contributed by atoms with Crippen molar-refractivity contribution >= 4 is 5.91 Å². The Morgan fingerprint density at radius 2 is 2.32 bits per heavy atom. The van der Waals surface area contributed by atoms with Crippen LogP contribution in [0.2, 0.25) is 0 Å². The third-order valence-electron chi connectivity index (χ3n) is 3.55. The summed E-state index contributed by atoms with van der Waals surface area (Å²) in [5, 5.41) is 9.36. The van der Waals surface area contributed by atoms with Crippen LogP contribution < -0.4 is 0 Å². The Labute approximate surface area is 111 Å². The predicted octanol–water partition coefficient (Wildman–Crippen LogP) is 0.215. The van der Waals surface area contributed by atoms with Crippen LogP contribution in [0.4, 0.5) is 4.39 Å². The highest BCUT2D eigenvalue weighted by Gasteiger charge is 2.37. The lowest BCUT2D eigenvalue weighted by molar-refractivity contribution is 0.0768. The Balaban J connectivity index is 2.16. The topological polar surface area (TPSA) is 56.7 Å². The summed E-state index contributed by atoms with van der Waals surface area (Å²) < 4.78 is 13.6. The number of halogens is 1. The third kappa shape index (κ3) is 2.74. The van der Waals surface area contributed by atoms with Gasteiger partial charge in [-0.05, 0) is 26.2 Å². The minimum Gasteiger partial charge on any atom is -0.396 e. The van der Waals surface area contributed by atoms with Gasteiger partial charge in [-0.3, -0.25) is 4.79 Å². The number of carbonyl (C=O) groups is 1. The van der Waals surface area contributed by atoms with E-state index in [0.717, 1.165) is 0 Å². The SMILES string of the molecule is CN(C)[C@@H]1CN(C(=O)c2ncccc2F)C[C@H]1CO. The van der Waals surface area contributed by atoms with Gasteiger partial charge in [-0.25, -0.2) is 9.37 Å². The van der Waals surface area contributed by atoms with E-state index in [1.165, 1.54) is 18.3 Å². The maximum atomic E-state index is 13.6. The average Bonchev–Trinajstić information content (AvgIpc) is 2.83. The molecule has 1 amide bonds. The second-order valence-electron chi connectivity index (χ2n) is 5.02. The van der Waals surface area contributed by atoms with Gasteiger partial charge in [-0.2, -0.15) is 0 Å². The van der Waals surface area contributed by atoms with Gasteiger partial charge in [0.2, 0.25) is 0 Å². The molecule has 6 heteroatoms. The number of carbonyl (C=O) groups excluding carboxylic acids is 1. The highest BCUT2D eigenvalue weighted by Crippen LogP contribution is 2.22. The molecular weight excluding hydrogens is 249 g/mol. The van der Waals surface area contributed by atoms with Crippen molar-refractivity contribution in [1.82, 2.24) is 14.8 Å². The average molecular weight is 267 g/mol. The zero-order chi connectivity index (χ0) is 14.0. The summed E-state index contributed by atoms with van der Waals surface area (Å²) >= 11 is 0. The van der Waals surface area contributed by atoms with Crippen LogP contribution in [-0.2, 0) is 0 Å². The molecule has 2 rings (SSSR count). The molecule has 1 aromatic heterocycles. The van der Waals surface area contributed by atoms with Gasteiger partial charge in [0, 0.05) is 37.9 Å². The van der Waals surface area contributed by atoms with Gasteiger partial charge in [0.15, 0.2) is 11.5 Å². The smallest absolute Gasteiger partial charge is 0.275 e. The van der Waals surface area contributed by atoms with Gasteiger partial charge < -0.3 is 14.9 Å². The summed E-state index contributed by atoms with van der Waals surface area (Å²) in [4.78, 5) is 19.5. The summed E-state index contributed by atoms with van der Waals surface area (Å²) in [5.74, 6) is -1.03. The Morgan fingerprint density at radius 1 is 1.58 bits per heavy atom. The Hall–Kier alpha value is -1.53. The van der Waals surface area contributed by atoms with E-state index in [0.29, 0.717) is 13.1 Å². The van der Waals surface area contributed by atoms with Crippen LogP contribution >= 0.6 is 0 Å². The van der Waals surface area contributed by atoms with Gasteiger partial charge in [0.1, 0.15) is 0 Å². The normalized spacial score (nSPS) is 23.1. The molecule has 2 heterocycles. The van der Waals surface area contributed by atoms with Crippen LogP contribution in [0.25, 0.3) is 0 Å². The van der Waals surface area contributed by atoms with E-state index in [9.17, 15) is 14.3 Å². The van der Waals surface area contributed by atoms with E-state index in [4.69, 9.17) is 0 Å².